The molecule has 0 bridgehead atoms. The fourth-order valence-electron chi connectivity index (χ4n) is 2.82. The van der Waals surface area contributed by atoms with Crippen LogP contribution in [-0.4, -0.2) is 24.5 Å². The molecule has 7 nitrogen and oxygen atoms in total. The molecule has 7 heteroatoms. The van der Waals surface area contributed by atoms with E-state index in [-0.39, 0.29) is 11.6 Å². The van der Waals surface area contributed by atoms with Crippen molar-refractivity contribution in [2.45, 2.75) is 39.5 Å². The zero-order valence-corrected chi connectivity index (χ0v) is 17.6. The number of aryl methyl sites for hydroxylation is 1. The van der Waals surface area contributed by atoms with Gasteiger partial charge in [0.15, 0.2) is 11.5 Å². The van der Waals surface area contributed by atoms with Crippen LogP contribution >= 0.6 is 0 Å². The van der Waals surface area contributed by atoms with E-state index in [4.69, 9.17) is 9.47 Å². The summed E-state index contributed by atoms with van der Waals surface area (Å²) >= 11 is 0. The van der Waals surface area contributed by atoms with E-state index >= 15 is 0 Å². The summed E-state index contributed by atoms with van der Waals surface area (Å²) in [7, 11) is 1.57. The summed E-state index contributed by atoms with van der Waals surface area (Å²) in [5.41, 5.74) is 1.85. The first-order valence-corrected chi connectivity index (χ1v) is 9.99. The maximum Gasteiger partial charge on any atom is 0.271 e. The largest absolute Gasteiger partial charge is 0.493 e. The highest BCUT2D eigenvalue weighted by atomic mass is 16.6. The number of nitro benzene ring substituents is 1. The summed E-state index contributed by atoms with van der Waals surface area (Å²) in [4.78, 5) is 22.7. The number of anilines is 1. The van der Waals surface area contributed by atoms with Gasteiger partial charge in [-0.15, -0.1) is 0 Å². The first-order valence-electron chi connectivity index (χ1n) is 9.99. The summed E-state index contributed by atoms with van der Waals surface area (Å²) < 4.78 is 11.2. The maximum atomic E-state index is 12.2. The number of ether oxygens (including phenoxy) is 2. The number of unbranched alkanes of at least 4 members (excludes halogenated alkanes) is 3. The number of hydrogen-bond acceptors (Lipinski definition) is 5. The van der Waals surface area contributed by atoms with Crippen LogP contribution in [0.5, 0.6) is 11.5 Å². The van der Waals surface area contributed by atoms with Crippen molar-refractivity contribution in [3.05, 3.63) is 63.7 Å². The Morgan fingerprint density at radius 3 is 2.63 bits per heavy atom. The molecule has 0 radical (unpaired) electrons. The van der Waals surface area contributed by atoms with E-state index in [1.807, 2.05) is 12.1 Å². The lowest BCUT2D eigenvalue weighted by Gasteiger charge is -2.11. The molecule has 1 amide bonds. The molecule has 160 valence electrons. The standard InChI is InChI=1S/C23H28N2O5/c1-4-5-6-7-14-30-21-12-9-18(15-22(21)29-3)10-13-23(26)24-20-16-19(25(27)28)11-8-17(20)2/h8-13,15-16H,4-7,14H2,1-3H3,(H,24,26). The number of amides is 1. The third-order valence-electron chi connectivity index (χ3n) is 4.56. The molecule has 2 rings (SSSR count). The lowest BCUT2D eigenvalue weighted by atomic mass is 10.1. The summed E-state index contributed by atoms with van der Waals surface area (Å²) in [5, 5.41) is 13.6. The summed E-state index contributed by atoms with van der Waals surface area (Å²) in [6.07, 6.45) is 7.53. The molecular formula is C23H28N2O5. The maximum absolute atomic E-state index is 12.2. The molecule has 2 aromatic carbocycles. The van der Waals surface area contributed by atoms with E-state index in [0.717, 1.165) is 24.0 Å². The van der Waals surface area contributed by atoms with Crippen molar-refractivity contribution in [1.29, 1.82) is 0 Å². The zero-order valence-electron chi connectivity index (χ0n) is 17.6. The third kappa shape index (κ3) is 6.92. The molecule has 0 atom stereocenters. The number of nitrogens with zero attached hydrogens (tertiary/aromatic N) is 1. The van der Waals surface area contributed by atoms with Crippen molar-refractivity contribution in [2.75, 3.05) is 19.0 Å². The molecule has 0 aromatic heterocycles. The first kappa shape index (κ1) is 22.9. The Bertz CT molecular complexity index is 908. The van der Waals surface area contributed by atoms with Crippen LogP contribution in [0, 0.1) is 17.0 Å². The zero-order chi connectivity index (χ0) is 21.9. The fourth-order valence-corrected chi connectivity index (χ4v) is 2.82. The van der Waals surface area contributed by atoms with Crippen LogP contribution in [0.15, 0.2) is 42.5 Å². The van der Waals surface area contributed by atoms with Gasteiger partial charge < -0.3 is 14.8 Å². The van der Waals surface area contributed by atoms with Crippen molar-refractivity contribution in [2.24, 2.45) is 0 Å². The van der Waals surface area contributed by atoms with E-state index in [9.17, 15) is 14.9 Å². The minimum Gasteiger partial charge on any atom is -0.493 e. The molecule has 0 heterocycles. The Morgan fingerprint density at radius 2 is 1.93 bits per heavy atom. The second kappa shape index (κ2) is 11.6. The van der Waals surface area contributed by atoms with Crippen molar-refractivity contribution in [3.63, 3.8) is 0 Å². The Balaban J connectivity index is 2.00. The number of benzene rings is 2. The molecule has 0 aliphatic rings. The monoisotopic (exact) mass is 412 g/mol. The van der Waals surface area contributed by atoms with E-state index in [2.05, 4.69) is 12.2 Å². The molecule has 0 fully saturated rings. The molecule has 0 saturated heterocycles. The van der Waals surface area contributed by atoms with Crippen LogP contribution in [0.1, 0.15) is 43.7 Å². The summed E-state index contributed by atoms with van der Waals surface area (Å²) in [6, 6.07) is 9.80. The van der Waals surface area contributed by atoms with Gasteiger partial charge in [0.2, 0.25) is 5.91 Å². The van der Waals surface area contributed by atoms with Gasteiger partial charge in [0, 0.05) is 18.2 Å². The SMILES string of the molecule is CCCCCCOc1ccc(C=CC(=O)Nc2cc([N+](=O)[O-])ccc2C)cc1OC. The fraction of sp³-hybridized carbons (Fsp3) is 0.348. The number of nitro groups is 1. The van der Waals surface area contributed by atoms with E-state index < -0.39 is 4.92 Å². The minimum atomic E-state index is -0.495. The highest BCUT2D eigenvalue weighted by molar-refractivity contribution is 6.02. The molecule has 0 unspecified atom stereocenters. The summed E-state index contributed by atoms with van der Waals surface area (Å²) in [6.45, 7) is 4.58. The van der Waals surface area contributed by atoms with Crippen LogP contribution < -0.4 is 14.8 Å². The summed E-state index contributed by atoms with van der Waals surface area (Å²) in [5.74, 6) is 0.888. The molecule has 0 aliphatic heterocycles. The topological polar surface area (TPSA) is 90.7 Å². The molecule has 30 heavy (non-hydrogen) atoms. The number of hydrogen-bond donors (Lipinski definition) is 1. The predicted molar refractivity (Wildman–Crippen MR) is 118 cm³/mol. The Morgan fingerprint density at radius 1 is 1.13 bits per heavy atom. The minimum absolute atomic E-state index is 0.0742. The van der Waals surface area contributed by atoms with Gasteiger partial charge in [-0.05, 0) is 42.7 Å². The molecule has 0 saturated carbocycles. The third-order valence-corrected chi connectivity index (χ3v) is 4.56. The smallest absolute Gasteiger partial charge is 0.271 e. The number of carbonyl (C=O) groups is 1. The second-order valence-electron chi connectivity index (χ2n) is 6.90. The first-order chi connectivity index (χ1) is 14.4. The van der Waals surface area contributed by atoms with E-state index in [1.54, 1.807) is 32.2 Å². The van der Waals surface area contributed by atoms with Gasteiger partial charge in [-0.25, -0.2) is 0 Å². The van der Waals surface area contributed by atoms with Crippen LogP contribution in [0.4, 0.5) is 11.4 Å². The van der Waals surface area contributed by atoms with Gasteiger partial charge in [-0.3, -0.25) is 14.9 Å². The van der Waals surface area contributed by atoms with E-state index in [0.29, 0.717) is 23.8 Å². The van der Waals surface area contributed by atoms with Gasteiger partial charge in [0.25, 0.3) is 5.69 Å². The average Bonchev–Trinajstić information content (AvgIpc) is 2.74. The van der Waals surface area contributed by atoms with Crippen molar-refractivity contribution in [3.8, 4) is 11.5 Å². The molecule has 1 N–H and O–H groups in total. The lowest BCUT2D eigenvalue weighted by Crippen LogP contribution is -2.09. The van der Waals surface area contributed by atoms with Crippen LogP contribution in [0.3, 0.4) is 0 Å². The Kier molecular flexibility index (Phi) is 8.87. The van der Waals surface area contributed by atoms with Crippen molar-refractivity contribution in [1.82, 2.24) is 0 Å². The normalized spacial score (nSPS) is 10.8. The molecular weight excluding hydrogens is 384 g/mol. The molecule has 2 aromatic rings. The van der Waals surface area contributed by atoms with Crippen molar-refractivity contribution < 1.29 is 19.2 Å². The molecule has 0 aliphatic carbocycles. The number of methoxy groups -OCH3 is 1. The Labute approximate surface area is 176 Å². The van der Waals surface area contributed by atoms with Crippen LogP contribution in [0.2, 0.25) is 0 Å². The van der Waals surface area contributed by atoms with E-state index in [1.165, 1.54) is 31.1 Å². The highest BCUT2D eigenvalue weighted by Crippen LogP contribution is 2.29. The van der Waals surface area contributed by atoms with Gasteiger partial charge in [0.1, 0.15) is 0 Å². The van der Waals surface area contributed by atoms with Gasteiger partial charge in [-0.1, -0.05) is 38.3 Å². The van der Waals surface area contributed by atoms with Gasteiger partial charge in [0.05, 0.1) is 24.3 Å². The lowest BCUT2D eigenvalue weighted by molar-refractivity contribution is -0.384. The second-order valence-corrected chi connectivity index (χ2v) is 6.90. The van der Waals surface area contributed by atoms with Crippen molar-refractivity contribution >= 4 is 23.4 Å². The van der Waals surface area contributed by atoms with Gasteiger partial charge >= 0.3 is 0 Å². The molecule has 0 spiro atoms. The number of non-ortho nitro benzene ring substituents is 1. The van der Waals surface area contributed by atoms with Gasteiger partial charge in [-0.2, -0.15) is 0 Å². The highest BCUT2D eigenvalue weighted by Gasteiger charge is 2.10. The number of rotatable bonds is 11. The van der Waals surface area contributed by atoms with Crippen LogP contribution in [0.25, 0.3) is 6.08 Å². The average molecular weight is 412 g/mol. The number of nitrogens with one attached hydrogen (secondary N) is 1. The predicted octanol–water partition coefficient (Wildman–Crippen LogP) is 5.52. The van der Waals surface area contributed by atoms with Crippen LogP contribution in [-0.2, 0) is 4.79 Å². The quantitative estimate of drug-likeness (QED) is 0.227. The Hall–Kier alpha value is -3.35. The number of carbonyl (C=O) groups excluding carboxylic acids is 1.